The predicted molar refractivity (Wildman–Crippen MR) is 76.1 cm³/mol. The number of Topliss-reactive ketones (excluding diaryl/α,β-unsaturated/α-hetero) is 1. The molecule has 0 unspecified atom stereocenters. The maximum atomic E-state index is 10.7. The monoisotopic (exact) mass is 234 g/mol. The number of hydrogen-bond donors (Lipinski definition) is 0. The van der Waals surface area contributed by atoms with Crippen LogP contribution in [0.3, 0.4) is 0 Å². The Balaban J connectivity index is 3.28. The third kappa shape index (κ3) is 14.9. The molecule has 0 heterocycles. The summed E-state index contributed by atoms with van der Waals surface area (Å²) in [5.41, 5.74) is 0. The second kappa shape index (κ2) is 13.0. The molecular weight excluding hydrogens is 208 g/mol. The number of rotatable bonds is 10. The molecule has 96 valence electrons. The van der Waals surface area contributed by atoms with Gasteiger partial charge in [0.05, 0.1) is 0 Å². The van der Waals surface area contributed by atoms with Crippen LogP contribution in [0.15, 0.2) is 36.5 Å². The summed E-state index contributed by atoms with van der Waals surface area (Å²) in [5, 5.41) is 0. The topological polar surface area (TPSA) is 17.1 Å². The van der Waals surface area contributed by atoms with Gasteiger partial charge in [0.25, 0.3) is 0 Å². The Hall–Kier alpha value is -1.11. The van der Waals surface area contributed by atoms with Gasteiger partial charge in [0, 0.05) is 6.42 Å². The maximum absolute atomic E-state index is 10.7. The Bertz CT molecular complexity index is 259. The molecule has 0 aliphatic carbocycles. The number of carbonyl (C=O) groups excluding carboxylic acids is 1. The van der Waals surface area contributed by atoms with Crippen molar-refractivity contribution in [2.45, 2.75) is 58.8 Å². The molecule has 0 radical (unpaired) electrons. The van der Waals surface area contributed by atoms with Crippen LogP contribution < -0.4 is 0 Å². The molecule has 1 heteroatoms. The molecule has 0 bridgehead atoms. The zero-order valence-corrected chi connectivity index (χ0v) is 11.3. The zero-order valence-electron chi connectivity index (χ0n) is 11.3. The van der Waals surface area contributed by atoms with Gasteiger partial charge in [0.15, 0.2) is 0 Å². The SMILES string of the molecule is CC/C=C\C/C=C\CCC/C=C/CCC(C)=O. The van der Waals surface area contributed by atoms with Crippen molar-refractivity contribution in [3.05, 3.63) is 36.5 Å². The van der Waals surface area contributed by atoms with Gasteiger partial charge in [-0.05, 0) is 45.4 Å². The van der Waals surface area contributed by atoms with Gasteiger partial charge in [-0.3, -0.25) is 0 Å². The van der Waals surface area contributed by atoms with Gasteiger partial charge in [-0.15, -0.1) is 0 Å². The first-order valence-corrected chi connectivity index (χ1v) is 6.71. The molecule has 0 aromatic rings. The zero-order chi connectivity index (χ0) is 12.8. The summed E-state index contributed by atoms with van der Waals surface area (Å²) in [4.78, 5) is 10.7. The lowest BCUT2D eigenvalue weighted by Gasteiger charge is -1.91. The van der Waals surface area contributed by atoms with Crippen LogP contribution in [0, 0.1) is 0 Å². The Labute approximate surface area is 106 Å². The van der Waals surface area contributed by atoms with Crippen LogP contribution in [0.2, 0.25) is 0 Å². The van der Waals surface area contributed by atoms with Gasteiger partial charge >= 0.3 is 0 Å². The molecule has 0 aliphatic rings. The highest BCUT2D eigenvalue weighted by Crippen LogP contribution is 2.01. The van der Waals surface area contributed by atoms with Crippen molar-refractivity contribution in [2.75, 3.05) is 0 Å². The van der Waals surface area contributed by atoms with Gasteiger partial charge in [-0.1, -0.05) is 43.4 Å². The second-order valence-electron chi connectivity index (χ2n) is 4.23. The Kier molecular flexibility index (Phi) is 12.1. The molecular formula is C16H26O. The molecule has 0 amide bonds. The maximum Gasteiger partial charge on any atom is 0.130 e. The molecule has 0 fully saturated rings. The van der Waals surface area contributed by atoms with Crippen LogP contribution in [-0.2, 0) is 4.79 Å². The Morgan fingerprint density at radius 3 is 2.12 bits per heavy atom. The normalized spacial score (nSPS) is 12.1. The molecule has 0 N–H and O–H groups in total. The highest BCUT2D eigenvalue weighted by molar-refractivity contribution is 5.75. The molecule has 0 saturated carbocycles. The molecule has 0 atom stereocenters. The highest BCUT2D eigenvalue weighted by atomic mass is 16.1. The van der Waals surface area contributed by atoms with Crippen LogP contribution in [0.4, 0.5) is 0 Å². The van der Waals surface area contributed by atoms with Crippen LogP contribution >= 0.6 is 0 Å². The van der Waals surface area contributed by atoms with E-state index < -0.39 is 0 Å². The Morgan fingerprint density at radius 1 is 0.882 bits per heavy atom. The van der Waals surface area contributed by atoms with E-state index in [0.29, 0.717) is 6.42 Å². The number of carbonyl (C=O) groups is 1. The standard InChI is InChI=1S/C16H26O/c1-3-4-5-6-7-8-9-10-11-12-13-14-15-16(2)17/h4-5,7-8,12-13H,3,6,9-11,14-15H2,1-2H3/b5-4-,8-7-,13-12+. The average Bonchev–Trinajstić information content (AvgIpc) is 2.30. The fourth-order valence-corrected chi connectivity index (χ4v) is 1.43. The Morgan fingerprint density at radius 2 is 1.47 bits per heavy atom. The second-order valence-corrected chi connectivity index (χ2v) is 4.23. The van der Waals surface area contributed by atoms with E-state index in [-0.39, 0.29) is 5.78 Å². The molecule has 0 saturated heterocycles. The van der Waals surface area contributed by atoms with Crippen LogP contribution in [0.5, 0.6) is 0 Å². The lowest BCUT2D eigenvalue weighted by atomic mass is 10.2. The van der Waals surface area contributed by atoms with E-state index in [9.17, 15) is 4.79 Å². The smallest absolute Gasteiger partial charge is 0.130 e. The third-order valence-electron chi connectivity index (χ3n) is 2.41. The minimum Gasteiger partial charge on any atom is -0.300 e. The van der Waals surface area contributed by atoms with Gasteiger partial charge in [0.1, 0.15) is 5.78 Å². The summed E-state index contributed by atoms with van der Waals surface area (Å²) in [7, 11) is 0. The highest BCUT2D eigenvalue weighted by Gasteiger charge is 1.88. The van der Waals surface area contributed by atoms with Crippen molar-refractivity contribution in [2.24, 2.45) is 0 Å². The van der Waals surface area contributed by atoms with E-state index in [0.717, 1.165) is 32.1 Å². The molecule has 0 aromatic heterocycles. The van der Waals surface area contributed by atoms with Gasteiger partial charge in [-0.2, -0.15) is 0 Å². The molecule has 0 aliphatic heterocycles. The number of ketones is 1. The van der Waals surface area contributed by atoms with Gasteiger partial charge in [-0.25, -0.2) is 0 Å². The lowest BCUT2D eigenvalue weighted by Crippen LogP contribution is -1.86. The molecule has 1 nitrogen and oxygen atoms in total. The predicted octanol–water partition coefficient (Wildman–Crippen LogP) is 4.99. The summed E-state index contributed by atoms with van der Waals surface area (Å²) < 4.78 is 0. The van der Waals surface area contributed by atoms with Crippen molar-refractivity contribution in [1.29, 1.82) is 0 Å². The average molecular weight is 234 g/mol. The van der Waals surface area contributed by atoms with E-state index in [2.05, 4.69) is 43.4 Å². The van der Waals surface area contributed by atoms with E-state index in [4.69, 9.17) is 0 Å². The summed E-state index contributed by atoms with van der Waals surface area (Å²) in [6, 6.07) is 0. The van der Waals surface area contributed by atoms with E-state index in [1.54, 1.807) is 6.92 Å². The summed E-state index contributed by atoms with van der Waals surface area (Å²) in [6.07, 6.45) is 20.4. The van der Waals surface area contributed by atoms with E-state index in [1.807, 2.05) is 0 Å². The molecule has 0 spiro atoms. The largest absolute Gasteiger partial charge is 0.300 e. The molecule has 17 heavy (non-hydrogen) atoms. The van der Waals surface area contributed by atoms with Crippen molar-refractivity contribution >= 4 is 5.78 Å². The van der Waals surface area contributed by atoms with Crippen molar-refractivity contribution in [3.8, 4) is 0 Å². The molecule has 0 aromatic carbocycles. The minimum atomic E-state index is 0.276. The third-order valence-corrected chi connectivity index (χ3v) is 2.41. The summed E-state index contributed by atoms with van der Waals surface area (Å²) in [6.45, 7) is 3.80. The van der Waals surface area contributed by atoms with Gasteiger partial charge < -0.3 is 4.79 Å². The fourth-order valence-electron chi connectivity index (χ4n) is 1.43. The van der Waals surface area contributed by atoms with Crippen LogP contribution in [-0.4, -0.2) is 5.78 Å². The van der Waals surface area contributed by atoms with Crippen molar-refractivity contribution in [3.63, 3.8) is 0 Å². The van der Waals surface area contributed by atoms with Crippen molar-refractivity contribution < 1.29 is 4.79 Å². The quantitative estimate of drug-likeness (QED) is 0.384. The fraction of sp³-hybridized carbons (Fsp3) is 0.562. The van der Waals surface area contributed by atoms with E-state index >= 15 is 0 Å². The van der Waals surface area contributed by atoms with Crippen molar-refractivity contribution in [1.82, 2.24) is 0 Å². The molecule has 0 rings (SSSR count). The number of unbranched alkanes of at least 4 members (excludes halogenated alkanes) is 2. The first-order valence-electron chi connectivity index (χ1n) is 6.71. The lowest BCUT2D eigenvalue weighted by molar-refractivity contribution is -0.116. The number of hydrogen-bond acceptors (Lipinski definition) is 1. The van der Waals surface area contributed by atoms with Crippen LogP contribution in [0.25, 0.3) is 0 Å². The van der Waals surface area contributed by atoms with E-state index in [1.165, 1.54) is 6.42 Å². The summed E-state index contributed by atoms with van der Waals surface area (Å²) >= 11 is 0. The van der Waals surface area contributed by atoms with Gasteiger partial charge in [0.2, 0.25) is 0 Å². The number of allylic oxidation sites excluding steroid dienone is 6. The summed E-state index contributed by atoms with van der Waals surface area (Å²) in [5.74, 6) is 0.276. The first-order chi connectivity index (χ1) is 8.27. The first kappa shape index (κ1) is 15.9. The van der Waals surface area contributed by atoms with Crippen LogP contribution in [0.1, 0.15) is 58.8 Å². The minimum absolute atomic E-state index is 0.276.